The highest BCUT2D eigenvalue weighted by atomic mass is 19.1. The summed E-state index contributed by atoms with van der Waals surface area (Å²) in [4.78, 5) is 16.3. The number of rotatable bonds is 4. The number of aromatic nitrogens is 1. The number of nitriles is 1. The van der Waals surface area contributed by atoms with Crippen LogP contribution in [-0.2, 0) is 0 Å². The maximum absolute atomic E-state index is 14.5. The zero-order valence-electron chi connectivity index (χ0n) is 15.9. The number of hydrogen-bond donors (Lipinski definition) is 2. The van der Waals surface area contributed by atoms with Gasteiger partial charge in [-0.1, -0.05) is 0 Å². The number of halogens is 2. The highest BCUT2D eigenvalue weighted by molar-refractivity contribution is 5.99. The SMILES string of the molecule is N#Cc1ccc2nccc(Oc3ccc(NC(=O)Nc4ccc(F)cc4)c(F)c3)c2c1. The van der Waals surface area contributed by atoms with E-state index in [1.54, 1.807) is 30.5 Å². The van der Waals surface area contributed by atoms with Crippen molar-refractivity contribution in [1.82, 2.24) is 4.98 Å². The Kier molecular flexibility index (Phi) is 5.41. The van der Waals surface area contributed by atoms with Crippen molar-refractivity contribution in [1.29, 1.82) is 5.26 Å². The van der Waals surface area contributed by atoms with Gasteiger partial charge in [0.15, 0.2) is 0 Å². The number of hydrogen-bond acceptors (Lipinski definition) is 4. The van der Waals surface area contributed by atoms with Crippen LogP contribution in [0.15, 0.2) is 72.9 Å². The number of nitrogens with one attached hydrogen (secondary N) is 2. The van der Waals surface area contributed by atoms with Gasteiger partial charge in [-0.3, -0.25) is 4.98 Å². The number of carbonyl (C=O) groups excluding carboxylic acids is 1. The van der Waals surface area contributed by atoms with Crippen LogP contribution in [0.4, 0.5) is 25.0 Å². The van der Waals surface area contributed by atoms with Crippen LogP contribution in [0.25, 0.3) is 10.9 Å². The first-order valence-electron chi connectivity index (χ1n) is 9.12. The van der Waals surface area contributed by atoms with Crippen molar-refractivity contribution in [3.8, 4) is 17.6 Å². The predicted octanol–water partition coefficient (Wildman–Crippen LogP) is 5.82. The Morgan fingerprint density at radius 1 is 0.968 bits per heavy atom. The zero-order chi connectivity index (χ0) is 21.8. The number of urea groups is 1. The fourth-order valence-corrected chi connectivity index (χ4v) is 2.89. The van der Waals surface area contributed by atoms with Crippen LogP contribution in [0.1, 0.15) is 5.56 Å². The Labute approximate surface area is 175 Å². The molecule has 2 amide bonds. The molecule has 31 heavy (non-hydrogen) atoms. The number of fused-ring (bicyclic) bond motifs is 1. The van der Waals surface area contributed by atoms with Crippen LogP contribution < -0.4 is 15.4 Å². The topological polar surface area (TPSA) is 87.0 Å². The number of nitrogens with zero attached hydrogens (tertiary/aromatic N) is 2. The van der Waals surface area contributed by atoms with E-state index in [1.807, 2.05) is 0 Å². The maximum Gasteiger partial charge on any atom is 0.323 e. The van der Waals surface area contributed by atoms with Crippen LogP contribution >= 0.6 is 0 Å². The van der Waals surface area contributed by atoms with Gasteiger partial charge in [0.05, 0.1) is 22.8 Å². The molecule has 0 fully saturated rings. The van der Waals surface area contributed by atoms with Crippen molar-refractivity contribution in [3.05, 3.63) is 90.1 Å². The van der Waals surface area contributed by atoms with Crippen molar-refractivity contribution in [2.75, 3.05) is 10.6 Å². The summed E-state index contributed by atoms with van der Waals surface area (Å²) in [5.74, 6) is -0.519. The Morgan fingerprint density at radius 2 is 1.77 bits per heavy atom. The summed E-state index contributed by atoms with van der Waals surface area (Å²) in [6, 6.07) is 17.2. The average molecular weight is 416 g/mol. The number of ether oxygens (including phenoxy) is 1. The molecule has 0 spiro atoms. The number of carbonyl (C=O) groups is 1. The molecule has 152 valence electrons. The van der Waals surface area contributed by atoms with Gasteiger partial charge in [0, 0.05) is 23.3 Å². The molecule has 0 aliphatic carbocycles. The largest absolute Gasteiger partial charge is 0.456 e. The molecule has 1 heterocycles. The summed E-state index contributed by atoms with van der Waals surface area (Å²) in [7, 11) is 0. The second-order valence-corrected chi connectivity index (χ2v) is 6.48. The average Bonchev–Trinajstić information content (AvgIpc) is 2.77. The van der Waals surface area contributed by atoms with E-state index in [0.717, 1.165) is 6.07 Å². The van der Waals surface area contributed by atoms with E-state index in [9.17, 15) is 13.6 Å². The van der Waals surface area contributed by atoms with Gasteiger partial charge < -0.3 is 15.4 Å². The standard InChI is InChI=1S/C23H14F2N4O2/c24-15-2-4-16(5-3-15)28-23(30)29-21-8-6-17(12-19(21)25)31-22-9-10-27-20-7-1-14(13-26)11-18(20)22/h1-12H,(H2,28,29,30). The van der Waals surface area contributed by atoms with Crippen LogP contribution in [0.5, 0.6) is 11.5 Å². The summed E-state index contributed by atoms with van der Waals surface area (Å²) in [5, 5.41) is 14.6. The predicted molar refractivity (Wildman–Crippen MR) is 112 cm³/mol. The quantitative estimate of drug-likeness (QED) is 0.439. The van der Waals surface area contributed by atoms with Crippen LogP contribution in [0, 0.1) is 23.0 Å². The van der Waals surface area contributed by atoms with Crippen molar-refractivity contribution < 1.29 is 18.3 Å². The van der Waals surface area contributed by atoms with Gasteiger partial charge in [-0.25, -0.2) is 13.6 Å². The van der Waals surface area contributed by atoms with E-state index in [2.05, 4.69) is 21.7 Å². The summed E-state index contributed by atoms with van der Waals surface area (Å²) in [6.45, 7) is 0. The van der Waals surface area contributed by atoms with E-state index >= 15 is 0 Å². The van der Waals surface area contributed by atoms with Gasteiger partial charge in [0.1, 0.15) is 23.1 Å². The Hall–Kier alpha value is -4.51. The fraction of sp³-hybridized carbons (Fsp3) is 0. The van der Waals surface area contributed by atoms with Crippen molar-refractivity contribution >= 4 is 28.3 Å². The Balaban J connectivity index is 1.50. The van der Waals surface area contributed by atoms with E-state index in [1.165, 1.54) is 36.4 Å². The molecule has 0 atom stereocenters. The lowest BCUT2D eigenvalue weighted by atomic mass is 10.1. The molecule has 8 heteroatoms. The van der Waals surface area contributed by atoms with E-state index in [4.69, 9.17) is 10.00 Å². The number of pyridine rings is 1. The summed E-state index contributed by atoms with van der Waals surface area (Å²) in [6.07, 6.45) is 1.55. The van der Waals surface area contributed by atoms with Gasteiger partial charge in [-0.05, 0) is 60.7 Å². The first-order valence-corrected chi connectivity index (χ1v) is 9.12. The summed E-state index contributed by atoms with van der Waals surface area (Å²) >= 11 is 0. The lowest BCUT2D eigenvalue weighted by Gasteiger charge is -2.11. The first-order chi connectivity index (χ1) is 15.0. The molecule has 3 aromatic carbocycles. The van der Waals surface area contributed by atoms with Gasteiger partial charge in [-0.2, -0.15) is 5.26 Å². The minimum Gasteiger partial charge on any atom is -0.456 e. The van der Waals surface area contributed by atoms with Gasteiger partial charge in [-0.15, -0.1) is 0 Å². The smallest absolute Gasteiger partial charge is 0.323 e. The number of benzene rings is 3. The summed E-state index contributed by atoms with van der Waals surface area (Å²) < 4.78 is 33.2. The molecular formula is C23H14F2N4O2. The van der Waals surface area contributed by atoms with Crippen LogP contribution in [-0.4, -0.2) is 11.0 Å². The molecule has 0 unspecified atom stereocenters. The Bertz CT molecular complexity index is 1320. The van der Waals surface area contributed by atoms with E-state index in [0.29, 0.717) is 27.9 Å². The minimum absolute atomic E-state index is 0.0571. The lowest BCUT2D eigenvalue weighted by Crippen LogP contribution is -2.20. The van der Waals surface area contributed by atoms with Gasteiger partial charge in [0.2, 0.25) is 0 Å². The molecule has 0 aliphatic heterocycles. The van der Waals surface area contributed by atoms with Crippen molar-refractivity contribution in [3.63, 3.8) is 0 Å². The fourth-order valence-electron chi connectivity index (χ4n) is 2.89. The highest BCUT2D eigenvalue weighted by Crippen LogP contribution is 2.31. The van der Waals surface area contributed by atoms with Crippen molar-refractivity contribution in [2.24, 2.45) is 0 Å². The van der Waals surface area contributed by atoms with Crippen LogP contribution in [0.3, 0.4) is 0 Å². The van der Waals surface area contributed by atoms with Crippen LogP contribution in [0.2, 0.25) is 0 Å². The monoisotopic (exact) mass is 416 g/mol. The molecular weight excluding hydrogens is 402 g/mol. The van der Waals surface area contributed by atoms with Crippen molar-refractivity contribution in [2.45, 2.75) is 0 Å². The van der Waals surface area contributed by atoms with E-state index in [-0.39, 0.29) is 11.4 Å². The lowest BCUT2D eigenvalue weighted by molar-refractivity contribution is 0.262. The molecule has 2 N–H and O–H groups in total. The maximum atomic E-state index is 14.5. The normalized spacial score (nSPS) is 10.4. The molecule has 0 saturated carbocycles. The zero-order valence-corrected chi connectivity index (χ0v) is 15.9. The molecule has 0 aliphatic rings. The first kappa shape index (κ1) is 19.8. The molecule has 4 aromatic rings. The van der Waals surface area contributed by atoms with Gasteiger partial charge in [0.25, 0.3) is 0 Å². The Morgan fingerprint density at radius 3 is 2.52 bits per heavy atom. The minimum atomic E-state index is -0.706. The third kappa shape index (κ3) is 4.57. The molecule has 1 aromatic heterocycles. The highest BCUT2D eigenvalue weighted by Gasteiger charge is 2.11. The second kappa shape index (κ2) is 8.47. The number of anilines is 2. The third-order valence-electron chi connectivity index (χ3n) is 4.35. The molecule has 0 radical (unpaired) electrons. The third-order valence-corrected chi connectivity index (χ3v) is 4.35. The van der Waals surface area contributed by atoms with E-state index < -0.39 is 17.7 Å². The molecule has 0 bridgehead atoms. The molecule has 6 nitrogen and oxygen atoms in total. The number of amides is 2. The second-order valence-electron chi connectivity index (χ2n) is 6.48. The van der Waals surface area contributed by atoms with Gasteiger partial charge >= 0.3 is 6.03 Å². The molecule has 4 rings (SSSR count). The molecule has 0 saturated heterocycles. The summed E-state index contributed by atoms with van der Waals surface area (Å²) in [5.41, 5.74) is 1.38.